The van der Waals surface area contributed by atoms with E-state index in [1.165, 1.54) is 17.7 Å². The van der Waals surface area contributed by atoms with Crippen molar-refractivity contribution < 1.29 is 14.3 Å². The Bertz CT molecular complexity index is 718. The van der Waals surface area contributed by atoms with Crippen LogP contribution in [0.25, 0.3) is 0 Å². The number of carbonyl (C=O) groups excluding carboxylic acids is 1. The average Bonchev–Trinajstić information content (AvgIpc) is 3.03. The highest BCUT2D eigenvalue weighted by atomic mass is 32.1. The zero-order valence-electron chi connectivity index (χ0n) is 14.3. The normalized spacial score (nSPS) is 13.3. The minimum Gasteiger partial charge on any atom is -0.493 e. The molecule has 0 atom stereocenters. The molecule has 1 heterocycles. The molecule has 0 aliphatic heterocycles. The van der Waals surface area contributed by atoms with Gasteiger partial charge in [0, 0.05) is 11.9 Å². The summed E-state index contributed by atoms with van der Waals surface area (Å²) in [6, 6.07) is 5.65. The number of rotatable bonds is 5. The van der Waals surface area contributed by atoms with Crippen molar-refractivity contribution in [1.29, 1.82) is 0 Å². The van der Waals surface area contributed by atoms with Crippen LogP contribution in [0, 0.1) is 6.92 Å². The van der Waals surface area contributed by atoms with E-state index in [4.69, 9.17) is 9.47 Å². The van der Waals surface area contributed by atoms with Crippen LogP contribution < -0.4 is 14.4 Å². The highest BCUT2D eigenvalue weighted by Crippen LogP contribution is 2.32. The second-order valence-corrected chi connectivity index (χ2v) is 7.03. The number of amides is 1. The Morgan fingerprint density at radius 3 is 2.83 bits per heavy atom. The van der Waals surface area contributed by atoms with E-state index in [2.05, 4.69) is 4.98 Å². The zero-order valence-corrected chi connectivity index (χ0v) is 15.1. The van der Waals surface area contributed by atoms with Crippen LogP contribution in [-0.2, 0) is 17.6 Å². The zero-order chi connectivity index (χ0) is 17.1. The molecule has 1 aromatic heterocycles. The van der Waals surface area contributed by atoms with Crippen LogP contribution in [0.1, 0.15) is 29.0 Å². The number of fused-ring (bicyclic) bond motifs is 1. The molecule has 0 N–H and O–H groups in total. The monoisotopic (exact) mass is 346 g/mol. The van der Waals surface area contributed by atoms with Crippen LogP contribution in [0.4, 0.5) is 5.13 Å². The van der Waals surface area contributed by atoms with E-state index in [9.17, 15) is 4.79 Å². The summed E-state index contributed by atoms with van der Waals surface area (Å²) in [5.41, 5.74) is 2.21. The Morgan fingerprint density at radius 1 is 1.29 bits per heavy atom. The van der Waals surface area contributed by atoms with E-state index in [0.29, 0.717) is 11.5 Å². The van der Waals surface area contributed by atoms with Gasteiger partial charge < -0.3 is 9.47 Å². The number of aryl methyl sites for hydroxylation is 3. The minimum absolute atomic E-state index is 0.0411. The molecule has 3 rings (SSSR count). The van der Waals surface area contributed by atoms with Gasteiger partial charge in [-0.2, -0.15) is 0 Å². The maximum Gasteiger partial charge on any atom is 0.266 e. The van der Waals surface area contributed by atoms with Crippen molar-refractivity contribution in [2.75, 3.05) is 25.7 Å². The van der Waals surface area contributed by atoms with Gasteiger partial charge in [0.15, 0.2) is 23.2 Å². The molecule has 24 heavy (non-hydrogen) atoms. The molecule has 128 valence electrons. The quantitative estimate of drug-likeness (QED) is 0.833. The molecule has 6 heteroatoms. The topological polar surface area (TPSA) is 51.7 Å². The van der Waals surface area contributed by atoms with Gasteiger partial charge in [0.1, 0.15) is 0 Å². The van der Waals surface area contributed by atoms with Crippen molar-refractivity contribution in [3.8, 4) is 11.5 Å². The minimum atomic E-state index is -0.121. The van der Waals surface area contributed by atoms with E-state index in [-0.39, 0.29) is 12.5 Å². The molecule has 5 nitrogen and oxygen atoms in total. The first-order valence-corrected chi connectivity index (χ1v) is 8.92. The number of carbonyl (C=O) groups is 1. The van der Waals surface area contributed by atoms with Gasteiger partial charge in [0.25, 0.3) is 5.91 Å². The van der Waals surface area contributed by atoms with Gasteiger partial charge in [-0.25, -0.2) is 4.98 Å². The first kappa shape index (κ1) is 16.8. The molecule has 1 amide bonds. The number of hydrogen-bond donors (Lipinski definition) is 0. The molecule has 0 fully saturated rings. The third-order valence-corrected chi connectivity index (χ3v) is 5.40. The molecule has 0 saturated heterocycles. The van der Waals surface area contributed by atoms with E-state index in [1.54, 1.807) is 30.4 Å². The third-order valence-electron chi connectivity index (χ3n) is 4.17. The smallest absolute Gasteiger partial charge is 0.266 e. The van der Waals surface area contributed by atoms with Gasteiger partial charge in [-0.1, -0.05) is 6.07 Å². The van der Waals surface area contributed by atoms with Gasteiger partial charge in [-0.15, -0.1) is 11.3 Å². The number of thiazole rings is 1. The fourth-order valence-electron chi connectivity index (χ4n) is 2.72. The highest BCUT2D eigenvalue weighted by molar-refractivity contribution is 7.15. The lowest BCUT2D eigenvalue weighted by Crippen LogP contribution is -2.31. The predicted molar refractivity (Wildman–Crippen MR) is 95.4 cm³/mol. The SMILES string of the molecule is COc1ccc(C)cc1OCC(=O)N(C)c1nc2c(s1)CCCC2. The molecular formula is C18H22N2O3S. The number of hydrogen-bond acceptors (Lipinski definition) is 5. The predicted octanol–water partition coefficient (Wildman–Crippen LogP) is 3.38. The number of nitrogens with zero attached hydrogens (tertiary/aromatic N) is 2. The van der Waals surface area contributed by atoms with Crippen LogP contribution >= 0.6 is 11.3 Å². The van der Waals surface area contributed by atoms with Gasteiger partial charge >= 0.3 is 0 Å². The second kappa shape index (κ2) is 7.21. The summed E-state index contributed by atoms with van der Waals surface area (Å²) in [5, 5.41) is 0.756. The summed E-state index contributed by atoms with van der Waals surface area (Å²) in [6.07, 6.45) is 4.49. The largest absolute Gasteiger partial charge is 0.493 e. The lowest BCUT2D eigenvalue weighted by Gasteiger charge is -2.15. The number of ether oxygens (including phenoxy) is 2. The number of likely N-dealkylation sites (N-methyl/N-ethyl adjacent to an activating group) is 1. The van der Waals surface area contributed by atoms with Gasteiger partial charge in [-0.3, -0.25) is 9.69 Å². The number of aromatic nitrogens is 1. The Kier molecular flexibility index (Phi) is 5.04. The Morgan fingerprint density at radius 2 is 2.08 bits per heavy atom. The van der Waals surface area contributed by atoms with Crippen molar-refractivity contribution in [3.63, 3.8) is 0 Å². The molecule has 0 radical (unpaired) electrons. The van der Waals surface area contributed by atoms with Crippen LogP contribution in [0.2, 0.25) is 0 Å². The van der Waals surface area contributed by atoms with E-state index in [0.717, 1.165) is 29.2 Å². The van der Waals surface area contributed by atoms with Crippen LogP contribution in [0.5, 0.6) is 11.5 Å². The summed E-state index contributed by atoms with van der Waals surface area (Å²) in [7, 11) is 3.34. The van der Waals surface area contributed by atoms with E-state index < -0.39 is 0 Å². The van der Waals surface area contributed by atoms with Gasteiger partial charge in [0.05, 0.1) is 12.8 Å². The van der Waals surface area contributed by atoms with Crippen molar-refractivity contribution in [3.05, 3.63) is 34.3 Å². The summed E-state index contributed by atoms with van der Waals surface area (Å²) < 4.78 is 10.9. The molecule has 1 aromatic carbocycles. The summed E-state index contributed by atoms with van der Waals surface area (Å²) >= 11 is 1.62. The highest BCUT2D eigenvalue weighted by Gasteiger charge is 2.21. The van der Waals surface area contributed by atoms with E-state index in [1.807, 2.05) is 25.1 Å². The first-order valence-electron chi connectivity index (χ1n) is 8.11. The van der Waals surface area contributed by atoms with Crippen molar-refractivity contribution in [2.24, 2.45) is 0 Å². The van der Waals surface area contributed by atoms with Crippen molar-refractivity contribution in [2.45, 2.75) is 32.6 Å². The maximum atomic E-state index is 12.4. The number of methoxy groups -OCH3 is 1. The summed E-state index contributed by atoms with van der Waals surface area (Å²) in [6.45, 7) is 1.93. The van der Waals surface area contributed by atoms with Crippen LogP contribution in [0.15, 0.2) is 18.2 Å². The average molecular weight is 346 g/mol. The van der Waals surface area contributed by atoms with Gasteiger partial charge in [0.2, 0.25) is 0 Å². The first-order chi connectivity index (χ1) is 11.6. The molecule has 1 aliphatic rings. The molecule has 2 aromatic rings. The summed E-state index contributed by atoms with van der Waals surface area (Å²) in [4.78, 5) is 20.0. The molecular weight excluding hydrogens is 324 g/mol. The number of anilines is 1. The molecule has 0 bridgehead atoms. The maximum absolute atomic E-state index is 12.4. The molecule has 0 saturated carbocycles. The van der Waals surface area contributed by atoms with Crippen molar-refractivity contribution >= 4 is 22.4 Å². The summed E-state index contributed by atoms with van der Waals surface area (Å²) in [5.74, 6) is 1.09. The molecule has 0 spiro atoms. The fraction of sp³-hybridized carbons (Fsp3) is 0.444. The fourth-order valence-corrected chi connectivity index (χ4v) is 3.85. The molecule has 1 aliphatic carbocycles. The van der Waals surface area contributed by atoms with Crippen LogP contribution in [0.3, 0.4) is 0 Å². The molecule has 0 unspecified atom stereocenters. The second-order valence-electron chi connectivity index (χ2n) is 5.97. The third kappa shape index (κ3) is 3.53. The Labute approximate surface area is 146 Å². The Balaban J connectivity index is 1.66. The number of benzene rings is 1. The standard InChI is InChI=1S/C18H22N2O3S/c1-12-8-9-14(22-3)15(10-12)23-11-17(21)20(2)18-19-13-6-4-5-7-16(13)24-18/h8-10H,4-7,11H2,1-3H3. The Hall–Kier alpha value is -2.08. The van der Waals surface area contributed by atoms with Crippen molar-refractivity contribution in [1.82, 2.24) is 4.98 Å². The van der Waals surface area contributed by atoms with Gasteiger partial charge in [-0.05, 0) is 50.3 Å². The van der Waals surface area contributed by atoms with E-state index >= 15 is 0 Å². The van der Waals surface area contributed by atoms with Crippen LogP contribution in [-0.4, -0.2) is 31.7 Å². The lowest BCUT2D eigenvalue weighted by atomic mass is 10.0. The lowest BCUT2D eigenvalue weighted by molar-refractivity contribution is -0.120.